The number of fused-ring (bicyclic) bond motifs is 2. The molecule has 0 saturated carbocycles. The number of benzene rings is 2. The van der Waals surface area contributed by atoms with Gasteiger partial charge in [0.05, 0.1) is 340 Å². The predicted octanol–water partition coefficient (Wildman–Crippen LogP) is 7.91. The van der Waals surface area contributed by atoms with Crippen LogP contribution in [0, 0.1) is 6.92 Å². The number of carboxylic acid groups (broad SMARTS) is 1. The van der Waals surface area contributed by atoms with Crippen LogP contribution in [0.5, 0.6) is 0 Å². The Morgan fingerprint density at radius 3 is 1.08 bits per heavy atom. The van der Waals surface area contributed by atoms with Crippen molar-refractivity contribution in [2.24, 2.45) is 0 Å². The molecule has 2 aliphatic heterocycles. The van der Waals surface area contributed by atoms with Crippen LogP contribution in [0.3, 0.4) is 0 Å². The number of hydrogen-bond acceptors (Lipinski definition) is 30. The average Bonchev–Trinajstić information content (AvgIpc) is 1.62. The number of aryl methyl sites for hydroxylation is 1. The number of unbranched alkanes of at least 4 members (excludes halogenated alkanes) is 4. The standard InChI is InChI=1S/C89H149N3O30S.C6H15N/c1-78-22-24-82-80(76-78)88(2,3)84(91(82)28-17-11-15-21-87(94)95)18-12-8-7-9-13-19-85-89(4,5)81-77-79(123(96,97)98)23-25-83(81)92(85)27-16-10-14-20-86(93)90-26-29-100-32-33-102-36-37-104-40-41-106-44-45-108-48-49-110-52-53-112-56-57-114-60-61-116-64-65-118-68-69-120-72-73-122-75-74-121-71-70-119-67-66-117-63-62-115-59-58-113-55-54-111-51-50-109-47-46-107-43-42-105-39-38-103-35-34-101-31-30-99-6;1-4-7(5-2)6-3/h7-9,12-13,18-19,22-25,76-77H,10-11,14-17,20-21,26-75H2,1-6H3,(H2-,90,93,94,95,96,97,98);4-6H2,1-3H3/p+1. The summed E-state index contributed by atoms with van der Waals surface area (Å²) in [5, 5.41) is 12.1. The lowest BCUT2D eigenvalue weighted by atomic mass is 9.81. The van der Waals surface area contributed by atoms with Gasteiger partial charge in [0.15, 0.2) is 5.71 Å². The maximum Gasteiger partial charge on any atom is 0.303 e. The lowest BCUT2D eigenvalue weighted by Crippen LogP contribution is -3.11. The molecule has 4 rings (SSSR count). The minimum Gasteiger partial charge on any atom is -0.744 e. The zero-order valence-electron chi connectivity index (χ0n) is 80.2. The van der Waals surface area contributed by atoms with Crippen molar-refractivity contribution in [1.29, 1.82) is 0 Å². The monoisotopic (exact) mass is 1870 g/mol. The summed E-state index contributed by atoms with van der Waals surface area (Å²) < 4.78 is 171. The highest BCUT2D eigenvalue weighted by molar-refractivity contribution is 7.85. The van der Waals surface area contributed by atoms with E-state index in [0.717, 1.165) is 49.2 Å². The molecular formula is C95H165N4O30S+. The van der Waals surface area contributed by atoms with Gasteiger partial charge in [-0.05, 0) is 97.1 Å². The number of allylic oxidation sites excluding steroid dienone is 8. The van der Waals surface area contributed by atoms with E-state index in [-0.39, 0.29) is 22.6 Å². The molecule has 0 saturated heterocycles. The fourth-order valence-electron chi connectivity index (χ4n) is 13.2. The summed E-state index contributed by atoms with van der Waals surface area (Å²) in [7, 11) is -3.03. The van der Waals surface area contributed by atoms with Crippen molar-refractivity contribution in [3.63, 3.8) is 0 Å². The van der Waals surface area contributed by atoms with Crippen LogP contribution in [-0.2, 0) is 144 Å². The zero-order chi connectivity index (χ0) is 94.0. The van der Waals surface area contributed by atoms with Crippen molar-refractivity contribution in [3.05, 3.63) is 101 Å². The number of quaternary nitrogens is 1. The van der Waals surface area contributed by atoms with E-state index in [0.29, 0.717) is 343 Å². The molecule has 2 aromatic rings. The van der Waals surface area contributed by atoms with E-state index in [4.69, 9.17) is 119 Å². The maximum absolute atomic E-state index is 12.7. The summed E-state index contributed by atoms with van der Waals surface area (Å²) in [5.41, 5.74) is 6.59. The number of carboxylic acids is 1. The highest BCUT2D eigenvalue weighted by atomic mass is 32.2. The lowest BCUT2D eigenvalue weighted by molar-refractivity contribution is -0.894. The Hall–Kier alpha value is -5.28. The fourth-order valence-corrected chi connectivity index (χ4v) is 13.7. The summed E-state index contributed by atoms with van der Waals surface area (Å²) in [4.78, 5) is 27.6. The van der Waals surface area contributed by atoms with Gasteiger partial charge in [-0.2, -0.15) is 4.58 Å². The van der Waals surface area contributed by atoms with E-state index in [1.165, 1.54) is 54.3 Å². The quantitative estimate of drug-likeness (QED) is 0.0245. The molecule has 750 valence electrons. The number of nitrogens with one attached hydrogen (secondary N) is 2. The molecule has 2 heterocycles. The number of methoxy groups -OCH3 is 1. The first kappa shape index (κ1) is 119. The lowest BCUT2D eigenvalue weighted by Gasteiger charge is -2.27. The van der Waals surface area contributed by atoms with E-state index < -0.39 is 21.5 Å². The Labute approximate surface area is 777 Å². The second-order valence-corrected chi connectivity index (χ2v) is 32.4. The second kappa shape index (κ2) is 82.0. The smallest absolute Gasteiger partial charge is 0.303 e. The summed E-state index contributed by atoms with van der Waals surface area (Å²) in [6.07, 6.45) is 19.3. The Bertz CT molecular complexity index is 3340. The zero-order valence-corrected chi connectivity index (χ0v) is 81.0. The van der Waals surface area contributed by atoms with Crippen molar-refractivity contribution in [3.8, 4) is 0 Å². The molecular weight excluding hydrogens is 1710 g/mol. The van der Waals surface area contributed by atoms with Gasteiger partial charge in [0.25, 0.3) is 0 Å². The van der Waals surface area contributed by atoms with E-state index in [1.807, 2.05) is 50.3 Å². The van der Waals surface area contributed by atoms with Crippen molar-refractivity contribution >= 4 is 39.1 Å². The minimum absolute atomic E-state index is 0.0477. The van der Waals surface area contributed by atoms with Crippen LogP contribution in [-0.4, -0.2) is 397 Å². The van der Waals surface area contributed by atoms with Crippen molar-refractivity contribution < 1.29 is 151 Å². The van der Waals surface area contributed by atoms with Gasteiger partial charge >= 0.3 is 5.97 Å². The summed E-state index contributed by atoms with van der Waals surface area (Å²) in [6.45, 7) is 45.2. The van der Waals surface area contributed by atoms with Gasteiger partial charge < -0.3 is 138 Å². The summed E-state index contributed by atoms with van der Waals surface area (Å²) in [6, 6.07) is 11.2. The van der Waals surface area contributed by atoms with Crippen LogP contribution >= 0.6 is 0 Å². The molecule has 34 nitrogen and oxygen atoms in total. The third-order valence-electron chi connectivity index (χ3n) is 20.4. The number of ether oxygens (including phenoxy) is 24. The van der Waals surface area contributed by atoms with Crippen LogP contribution in [0.1, 0.15) is 117 Å². The van der Waals surface area contributed by atoms with E-state index in [1.54, 1.807) is 18.1 Å². The molecule has 0 fully saturated rings. The van der Waals surface area contributed by atoms with Crippen molar-refractivity contribution in [2.45, 2.75) is 122 Å². The Morgan fingerprint density at radius 2 is 0.738 bits per heavy atom. The number of aliphatic carboxylic acids is 1. The molecule has 0 unspecified atom stereocenters. The van der Waals surface area contributed by atoms with E-state index in [9.17, 15) is 22.6 Å². The molecule has 0 bridgehead atoms. The molecule has 0 spiro atoms. The minimum atomic E-state index is -4.67. The SMILES string of the molecule is CC[NH+](CC)CC.COCCOCCOCCOCCOCCOCCOCCOCCOCCOCCOCCOCCOCCOCCOCCOCCOCCOCCOCCOCCOCCOCCOCCOCCNC(=O)CCCCC[N+]1=C(C=CC=CC=CC=C2N(CCCCCC(=O)O)c3ccc(C)cc3C2(C)C)C(C)(C)c2cc(S(=O)(=O)[O-])ccc21. The maximum atomic E-state index is 12.7. The highest BCUT2D eigenvalue weighted by Gasteiger charge is 2.45. The van der Waals surface area contributed by atoms with Gasteiger partial charge in [-0.3, -0.25) is 9.59 Å². The van der Waals surface area contributed by atoms with Crippen LogP contribution in [0.4, 0.5) is 11.4 Å². The predicted molar refractivity (Wildman–Crippen MR) is 495 cm³/mol. The fraction of sp³-hybridized carbons (Fsp3) is 0.758. The van der Waals surface area contributed by atoms with Gasteiger partial charge in [0.1, 0.15) is 16.7 Å². The molecule has 2 aliphatic rings. The molecule has 0 aromatic heterocycles. The van der Waals surface area contributed by atoms with Crippen molar-refractivity contribution in [2.75, 3.05) is 362 Å². The number of anilines is 1. The number of nitrogens with zero attached hydrogens (tertiary/aromatic N) is 2. The number of carbonyl (C=O) groups excluding carboxylic acids is 1. The molecule has 0 radical (unpaired) electrons. The third-order valence-corrected chi connectivity index (χ3v) is 21.2. The molecule has 130 heavy (non-hydrogen) atoms. The number of rotatable bonds is 92. The van der Waals surface area contributed by atoms with E-state index >= 15 is 0 Å². The Morgan fingerprint density at radius 1 is 0.408 bits per heavy atom. The molecule has 1 amide bonds. The van der Waals surface area contributed by atoms with Crippen LogP contribution in [0.2, 0.25) is 0 Å². The normalized spacial score (nSPS) is 14.0. The third kappa shape index (κ3) is 60.9. The molecule has 2 aromatic carbocycles. The summed E-state index contributed by atoms with van der Waals surface area (Å²) >= 11 is 0. The molecule has 3 N–H and O–H groups in total. The first-order valence-electron chi connectivity index (χ1n) is 46.9. The van der Waals surface area contributed by atoms with Gasteiger partial charge in [0, 0.05) is 74.0 Å². The molecule has 35 heteroatoms. The van der Waals surface area contributed by atoms with E-state index in [2.05, 4.69) is 80.6 Å². The van der Waals surface area contributed by atoms with Gasteiger partial charge in [-0.25, -0.2) is 8.42 Å². The van der Waals surface area contributed by atoms with Gasteiger partial charge in [0.2, 0.25) is 11.6 Å². The van der Waals surface area contributed by atoms with Gasteiger partial charge in [-0.1, -0.05) is 68.3 Å². The molecule has 0 aliphatic carbocycles. The average molecular weight is 1880 g/mol. The second-order valence-electron chi connectivity index (χ2n) is 31.0. The van der Waals surface area contributed by atoms with Crippen LogP contribution < -0.4 is 15.1 Å². The number of hydrogen-bond donors (Lipinski definition) is 3. The summed E-state index contributed by atoms with van der Waals surface area (Å²) in [5.74, 6) is -0.814. The molecule has 0 atom stereocenters. The largest absolute Gasteiger partial charge is 0.744 e. The number of amides is 1. The van der Waals surface area contributed by atoms with Crippen LogP contribution in [0.25, 0.3) is 0 Å². The van der Waals surface area contributed by atoms with Gasteiger partial charge in [-0.15, -0.1) is 0 Å². The first-order valence-corrected chi connectivity index (χ1v) is 48.3. The number of carbonyl (C=O) groups is 2. The highest BCUT2D eigenvalue weighted by Crippen LogP contribution is 2.48. The Kier molecular flexibility index (Phi) is 75.0. The first-order chi connectivity index (χ1) is 63.4. The Balaban J connectivity index is 0.00000596. The topological polar surface area (TPSA) is 356 Å². The van der Waals surface area contributed by atoms with Crippen LogP contribution in [0.15, 0.2) is 89.5 Å². The van der Waals surface area contributed by atoms with Crippen molar-refractivity contribution in [1.82, 2.24) is 5.32 Å².